The number of carboxylic acids is 1. The molecular weight excluding hydrogens is 544 g/mol. The average Bonchev–Trinajstić information content (AvgIpc) is 2.89. The fraction of sp³-hybridized carbons (Fsp3) is 0.720. The molecule has 0 rings (SSSR count). The van der Waals surface area contributed by atoms with Gasteiger partial charge in [0.1, 0.15) is 12.1 Å². The van der Waals surface area contributed by atoms with Gasteiger partial charge >= 0.3 is 5.97 Å². The average molecular weight is 589 g/mol. The van der Waals surface area contributed by atoms with Gasteiger partial charge in [-0.2, -0.15) is 0 Å². The molecule has 0 saturated carbocycles. The van der Waals surface area contributed by atoms with Crippen LogP contribution in [0.2, 0.25) is 0 Å². The number of carbonyl (C=O) groups excluding carboxylic acids is 5. The van der Waals surface area contributed by atoms with Gasteiger partial charge in [0.2, 0.25) is 17.7 Å². The molecule has 41 heavy (non-hydrogen) atoms. The summed E-state index contributed by atoms with van der Waals surface area (Å²) in [5, 5.41) is 43.0. The van der Waals surface area contributed by atoms with Crippen LogP contribution in [0.1, 0.15) is 58.8 Å². The molecule has 12 N–H and O–H groups in total. The molecule has 0 aliphatic rings. The number of ketones is 2. The second-order valence-corrected chi connectivity index (χ2v) is 9.78. The van der Waals surface area contributed by atoms with Gasteiger partial charge in [-0.05, 0) is 32.6 Å². The maximum Gasteiger partial charge on any atom is 0.303 e. The second kappa shape index (κ2) is 19.4. The summed E-state index contributed by atoms with van der Waals surface area (Å²) in [5.41, 5.74) is 15.8. The number of amides is 3. The van der Waals surface area contributed by atoms with Gasteiger partial charge in [-0.25, -0.2) is 0 Å². The Balaban J connectivity index is 5.32. The Morgan fingerprint density at radius 1 is 0.829 bits per heavy atom. The van der Waals surface area contributed by atoms with E-state index in [0.29, 0.717) is 25.8 Å². The molecule has 234 valence electrons. The summed E-state index contributed by atoms with van der Waals surface area (Å²) in [6, 6.07) is -2.91. The molecule has 0 unspecified atom stereocenters. The van der Waals surface area contributed by atoms with Crippen LogP contribution in [0.5, 0.6) is 0 Å². The third-order valence-corrected chi connectivity index (χ3v) is 6.48. The van der Waals surface area contributed by atoms with Crippen molar-refractivity contribution in [1.82, 2.24) is 10.6 Å². The minimum Gasteiger partial charge on any atom is -0.481 e. The van der Waals surface area contributed by atoms with E-state index in [4.69, 9.17) is 22.3 Å². The molecule has 0 radical (unpaired) electrons. The van der Waals surface area contributed by atoms with E-state index < -0.39 is 104 Å². The standard InChI is InChI=1S/C25H44N6O10/c1-3-14(5-4-8-29-25(27)28)23(40)30-17(12-33)18(35)10-16(11-32)24(41)31-21(13(2)34)19(36)9-15(22(26)39)6-7-20(37)38/h13-17,21,32-34H,3-12H2,1-2H3,(H2,26,39)(H,30,40)(H,31,41)(H,37,38)(H4,27,28,29)/t13-,14+,15-,16+,17+,21+/m1/s1. The van der Waals surface area contributed by atoms with Gasteiger partial charge in [-0.1, -0.05) is 6.92 Å². The van der Waals surface area contributed by atoms with E-state index in [1.54, 1.807) is 6.92 Å². The van der Waals surface area contributed by atoms with E-state index in [1.807, 2.05) is 0 Å². The molecular formula is C25H44N6O10. The predicted octanol–water partition coefficient (Wildman–Crippen LogP) is -3.10. The van der Waals surface area contributed by atoms with Crippen LogP contribution in [0.25, 0.3) is 0 Å². The van der Waals surface area contributed by atoms with Crippen molar-refractivity contribution >= 4 is 41.2 Å². The van der Waals surface area contributed by atoms with Crippen LogP contribution >= 0.6 is 0 Å². The van der Waals surface area contributed by atoms with E-state index >= 15 is 0 Å². The molecule has 6 atom stereocenters. The van der Waals surface area contributed by atoms with Gasteiger partial charge in [-0.3, -0.25) is 33.8 Å². The van der Waals surface area contributed by atoms with Crippen molar-refractivity contribution in [2.45, 2.75) is 77.0 Å². The van der Waals surface area contributed by atoms with Gasteiger partial charge in [0, 0.05) is 37.6 Å². The van der Waals surface area contributed by atoms with E-state index in [-0.39, 0.29) is 12.4 Å². The number of guanidine groups is 1. The summed E-state index contributed by atoms with van der Waals surface area (Å²) < 4.78 is 0. The fourth-order valence-corrected chi connectivity index (χ4v) is 3.96. The number of nitrogens with two attached hydrogens (primary N) is 3. The number of aliphatic hydroxyl groups excluding tert-OH is 3. The summed E-state index contributed by atoms with van der Waals surface area (Å²) >= 11 is 0. The lowest BCUT2D eigenvalue weighted by Gasteiger charge is -2.25. The zero-order valence-electron chi connectivity index (χ0n) is 23.5. The van der Waals surface area contributed by atoms with Gasteiger partial charge in [0.05, 0.1) is 25.2 Å². The molecule has 16 heteroatoms. The van der Waals surface area contributed by atoms with Crippen LogP contribution < -0.4 is 27.8 Å². The Kier molecular flexibility index (Phi) is 17.7. The molecule has 0 aliphatic carbocycles. The number of carboxylic acid groups (broad SMARTS) is 1. The molecule has 0 aromatic heterocycles. The first-order valence-corrected chi connectivity index (χ1v) is 13.3. The molecule has 0 fully saturated rings. The van der Waals surface area contributed by atoms with Crippen molar-refractivity contribution in [3.8, 4) is 0 Å². The Morgan fingerprint density at radius 3 is 1.88 bits per heavy atom. The van der Waals surface area contributed by atoms with E-state index in [0.717, 1.165) is 0 Å². The monoisotopic (exact) mass is 588 g/mol. The van der Waals surface area contributed by atoms with Crippen LogP contribution in [-0.4, -0.2) is 99.6 Å². The molecule has 0 aliphatic heterocycles. The van der Waals surface area contributed by atoms with Crippen LogP contribution in [0.15, 0.2) is 4.99 Å². The fourth-order valence-electron chi connectivity index (χ4n) is 3.96. The normalized spacial score (nSPS) is 15.3. The molecule has 16 nitrogen and oxygen atoms in total. The largest absolute Gasteiger partial charge is 0.481 e. The smallest absolute Gasteiger partial charge is 0.303 e. The van der Waals surface area contributed by atoms with Crippen LogP contribution in [-0.2, 0) is 28.8 Å². The lowest BCUT2D eigenvalue weighted by molar-refractivity contribution is -0.138. The number of hydrogen-bond acceptors (Lipinski definition) is 10. The van der Waals surface area contributed by atoms with E-state index in [2.05, 4.69) is 15.6 Å². The summed E-state index contributed by atoms with van der Waals surface area (Å²) in [4.78, 5) is 77.3. The second-order valence-electron chi connectivity index (χ2n) is 9.78. The topological polar surface area (TPSA) is 298 Å². The number of hydrogen-bond donors (Lipinski definition) is 9. The van der Waals surface area contributed by atoms with E-state index in [9.17, 15) is 44.1 Å². The predicted molar refractivity (Wildman–Crippen MR) is 146 cm³/mol. The lowest BCUT2D eigenvalue weighted by atomic mass is 9.91. The summed E-state index contributed by atoms with van der Waals surface area (Å²) in [6.45, 7) is 1.66. The van der Waals surface area contributed by atoms with Gasteiger partial charge in [-0.15, -0.1) is 0 Å². The Bertz CT molecular complexity index is 938. The maximum absolute atomic E-state index is 12.8. The quantitative estimate of drug-likeness (QED) is 0.0345. The zero-order chi connectivity index (χ0) is 31.7. The van der Waals surface area contributed by atoms with Crippen molar-refractivity contribution in [1.29, 1.82) is 0 Å². The number of primary amides is 1. The lowest BCUT2D eigenvalue weighted by Crippen LogP contribution is -2.52. The van der Waals surface area contributed by atoms with Crippen molar-refractivity contribution in [2.24, 2.45) is 39.9 Å². The molecule has 0 aromatic rings. The van der Waals surface area contributed by atoms with Crippen molar-refractivity contribution in [3.63, 3.8) is 0 Å². The molecule has 0 bridgehead atoms. The highest BCUT2D eigenvalue weighted by molar-refractivity contribution is 5.96. The molecule has 0 heterocycles. The van der Waals surface area contributed by atoms with Gasteiger partial charge < -0.3 is 48.3 Å². The SMILES string of the molecule is CC[C@@H](CCCN=C(N)N)C(=O)N[C@@H](CO)C(=O)C[C@@H](CO)C(=O)N[C@H](C(=O)C[C@@H](CCC(=O)O)C(N)=O)[C@@H](C)O. The first kappa shape index (κ1) is 37.4. The highest BCUT2D eigenvalue weighted by atomic mass is 16.4. The highest BCUT2D eigenvalue weighted by Gasteiger charge is 2.33. The Labute approximate surface area is 238 Å². The summed E-state index contributed by atoms with van der Waals surface area (Å²) in [7, 11) is 0. The number of Topliss-reactive ketones (excluding diaryl/α,β-unsaturated/α-hetero) is 2. The third-order valence-electron chi connectivity index (χ3n) is 6.48. The molecule has 3 amide bonds. The van der Waals surface area contributed by atoms with Crippen LogP contribution in [0.3, 0.4) is 0 Å². The van der Waals surface area contributed by atoms with Gasteiger partial charge in [0.15, 0.2) is 17.5 Å². The zero-order valence-corrected chi connectivity index (χ0v) is 23.5. The Hall–Kier alpha value is -3.63. The number of rotatable bonds is 22. The number of nitrogens with one attached hydrogen (secondary N) is 2. The first-order valence-electron chi connectivity index (χ1n) is 13.3. The number of aliphatic carboxylic acids is 1. The number of aliphatic hydroxyl groups is 3. The van der Waals surface area contributed by atoms with Crippen LogP contribution in [0.4, 0.5) is 0 Å². The first-order chi connectivity index (χ1) is 19.2. The molecule has 0 spiro atoms. The van der Waals surface area contributed by atoms with Crippen molar-refractivity contribution in [2.75, 3.05) is 19.8 Å². The highest BCUT2D eigenvalue weighted by Crippen LogP contribution is 2.16. The Morgan fingerprint density at radius 2 is 1.41 bits per heavy atom. The number of nitrogens with zero attached hydrogens (tertiary/aromatic N) is 1. The van der Waals surface area contributed by atoms with Crippen molar-refractivity contribution in [3.05, 3.63) is 0 Å². The van der Waals surface area contributed by atoms with Crippen molar-refractivity contribution < 1.29 is 49.2 Å². The summed E-state index contributed by atoms with van der Waals surface area (Å²) in [5.74, 6) is -8.30. The van der Waals surface area contributed by atoms with E-state index in [1.165, 1.54) is 6.92 Å². The van der Waals surface area contributed by atoms with Gasteiger partial charge in [0.25, 0.3) is 0 Å². The van der Waals surface area contributed by atoms with Crippen LogP contribution in [0, 0.1) is 17.8 Å². The minimum atomic E-state index is -1.55. The minimum absolute atomic E-state index is 0.0781. The summed E-state index contributed by atoms with van der Waals surface area (Å²) in [6.07, 6.45) is -1.93. The molecule has 0 saturated heterocycles. The number of aliphatic imine (C=N–C) groups is 1. The third kappa shape index (κ3) is 14.5. The molecule has 0 aromatic carbocycles. The maximum atomic E-state index is 12.8. The number of carbonyl (C=O) groups is 6.